The van der Waals surface area contributed by atoms with Crippen LogP contribution in [0.15, 0.2) is 60.4 Å². The third kappa shape index (κ3) is 3.62. The van der Waals surface area contributed by atoms with Crippen LogP contribution < -0.4 is 0 Å². The quantitative estimate of drug-likeness (QED) is 0.835. The molecule has 0 aliphatic heterocycles. The molecule has 1 aromatic heterocycles. The molecule has 0 N–H and O–H groups in total. The van der Waals surface area contributed by atoms with Crippen molar-refractivity contribution in [3.05, 3.63) is 77.1 Å². The van der Waals surface area contributed by atoms with Crippen LogP contribution in [0.5, 0.6) is 0 Å². The lowest BCUT2D eigenvalue weighted by Gasteiger charge is -2.30. The minimum absolute atomic E-state index is 0.0692. The number of carbonyl (C=O) groups is 1. The molecule has 23 heavy (non-hydrogen) atoms. The number of amides is 1. The Hall–Kier alpha value is -2.13. The maximum absolute atomic E-state index is 12.9. The Morgan fingerprint density at radius 2 is 2.00 bits per heavy atom. The number of pyridine rings is 1. The number of hydrogen-bond acceptors (Lipinski definition) is 2. The van der Waals surface area contributed by atoms with Crippen molar-refractivity contribution in [2.45, 2.75) is 25.3 Å². The third-order valence-electron chi connectivity index (χ3n) is 4.24. The zero-order valence-electron chi connectivity index (χ0n) is 12.9. The largest absolute Gasteiger partial charge is 0.330 e. The number of hydrogen-bond donors (Lipinski definition) is 0. The summed E-state index contributed by atoms with van der Waals surface area (Å²) in [6.45, 7) is 4.15. The fraction of sp³-hybridized carbons (Fsp3) is 0.263. The summed E-state index contributed by atoms with van der Waals surface area (Å²) in [6.07, 6.45) is 5.70. The molecule has 0 radical (unpaired) electrons. The first-order valence-electron chi connectivity index (χ1n) is 7.74. The summed E-state index contributed by atoms with van der Waals surface area (Å²) < 4.78 is 0. The van der Waals surface area contributed by atoms with E-state index < -0.39 is 0 Å². The number of fused-ring (bicyclic) bond motifs is 1. The number of aromatic nitrogens is 1. The maximum Gasteiger partial charge on any atom is 0.227 e. The molecule has 1 unspecified atom stereocenters. The molecule has 0 saturated carbocycles. The summed E-state index contributed by atoms with van der Waals surface area (Å²) in [6, 6.07) is 12.1. The zero-order chi connectivity index (χ0) is 16.2. The van der Waals surface area contributed by atoms with Crippen molar-refractivity contribution in [3.63, 3.8) is 0 Å². The van der Waals surface area contributed by atoms with Crippen molar-refractivity contribution in [2.75, 3.05) is 6.54 Å². The van der Waals surface area contributed by atoms with Crippen LogP contribution in [0.1, 0.15) is 29.2 Å². The van der Waals surface area contributed by atoms with E-state index in [4.69, 9.17) is 11.6 Å². The van der Waals surface area contributed by atoms with Gasteiger partial charge in [-0.1, -0.05) is 42.4 Å². The number of nitrogens with zero attached hydrogens (tertiary/aromatic N) is 2. The first kappa shape index (κ1) is 15.8. The average molecular weight is 327 g/mol. The molecule has 1 atom stereocenters. The Balaban J connectivity index is 1.84. The molecule has 1 aliphatic carbocycles. The fourth-order valence-electron chi connectivity index (χ4n) is 3.19. The highest BCUT2D eigenvalue weighted by molar-refractivity contribution is 6.29. The van der Waals surface area contributed by atoms with Crippen LogP contribution in [-0.4, -0.2) is 22.3 Å². The summed E-state index contributed by atoms with van der Waals surface area (Å²) in [5, 5.41) is 0.484. The molecule has 0 spiro atoms. The number of halogens is 1. The van der Waals surface area contributed by atoms with Gasteiger partial charge in [0, 0.05) is 17.4 Å². The smallest absolute Gasteiger partial charge is 0.227 e. The highest BCUT2D eigenvalue weighted by Crippen LogP contribution is 2.36. The summed E-state index contributed by atoms with van der Waals surface area (Å²) >= 11 is 6.03. The van der Waals surface area contributed by atoms with Gasteiger partial charge in [-0.3, -0.25) is 9.78 Å². The van der Waals surface area contributed by atoms with Gasteiger partial charge < -0.3 is 4.90 Å². The predicted octanol–water partition coefficient (Wildman–Crippen LogP) is 3.89. The van der Waals surface area contributed by atoms with Crippen molar-refractivity contribution in [2.24, 2.45) is 0 Å². The minimum atomic E-state index is 0.0692. The highest BCUT2D eigenvalue weighted by atomic mass is 35.5. The second-order valence-corrected chi connectivity index (χ2v) is 6.36. The van der Waals surface area contributed by atoms with Gasteiger partial charge in [-0.15, -0.1) is 0 Å². The Bertz CT molecular complexity index is 714. The first-order chi connectivity index (χ1) is 11.1. The van der Waals surface area contributed by atoms with Gasteiger partial charge in [-0.2, -0.15) is 0 Å². The van der Waals surface area contributed by atoms with Gasteiger partial charge in [0.05, 0.1) is 19.0 Å². The Kier molecular flexibility index (Phi) is 4.77. The SMILES string of the molecule is C=C(Cl)CN(C(=O)Cc1ccncc1)C1CCc2ccccc21. The molecule has 1 heterocycles. The number of rotatable bonds is 5. The second kappa shape index (κ2) is 6.97. The fourth-order valence-corrected chi connectivity index (χ4v) is 3.32. The van der Waals surface area contributed by atoms with E-state index in [0.29, 0.717) is 18.0 Å². The third-order valence-corrected chi connectivity index (χ3v) is 4.36. The molecule has 3 rings (SSSR count). The van der Waals surface area contributed by atoms with Crippen molar-refractivity contribution >= 4 is 17.5 Å². The van der Waals surface area contributed by atoms with Gasteiger partial charge in [0.25, 0.3) is 0 Å². The molecule has 2 aromatic rings. The Labute approximate surface area is 141 Å². The van der Waals surface area contributed by atoms with E-state index in [1.54, 1.807) is 12.4 Å². The maximum atomic E-state index is 12.9. The molecule has 0 bridgehead atoms. The van der Waals surface area contributed by atoms with Crippen LogP contribution in [0.25, 0.3) is 0 Å². The van der Waals surface area contributed by atoms with Crippen molar-refractivity contribution in [1.82, 2.24) is 9.88 Å². The Morgan fingerprint density at radius 3 is 2.74 bits per heavy atom. The highest BCUT2D eigenvalue weighted by Gasteiger charge is 2.30. The molecule has 1 aliphatic rings. The minimum Gasteiger partial charge on any atom is -0.330 e. The Morgan fingerprint density at radius 1 is 1.26 bits per heavy atom. The number of benzene rings is 1. The molecule has 0 fully saturated rings. The van der Waals surface area contributed by atoms with Crippen LogP contribution in [0, 0.1) is 0 Å². The standard InChI is InChI=1S/C19H19ClN2O/c1-14(20)13-22(19(23)12-15-8-10-21-11-9-15)18-7-6-16-4-2-3-5-17(16)18/h2-5,8-11,18H,1,6-7,12-13H2. The van der Waals surface area contributed by atoms with Gasteiger partial charge in [0.2, 0.25) is 5.91 Å². The van der Waals surface area contributed by atoms with Crippen molar-refractivity contribution in [3.8, 4) is 0 Å². The summed E-state index contributed by atoms with van der Waals surface area (Å²) in [5.41, 5.74) is 3.51. The molecule has 3 nitrogen and oxygen atoms in total. The number of carbonyl (C=O) groups excluding carboxylic acids is 1. The molecule has 118 valence electrons. The van der Waals surface area contributed by atoms with Gasteiger partial charge in [-0.25, -0.2) is 0 Å². The first-order valence-corrected chi connectivity index (χ1v) is 8.12. The lowest BCUT2D eigenvalue weighted by atomic mass is 10.1. The van der Waals surface area contributed by atoms with E-state index in [0.717, 1.165) is 18.4 Å². The van der Waals surface area contributed by atoms with Crippen LogP contribution in [-0.2, 0) is 17.6 Å². The van der Waals surface area contributed by atoms with E-state index in [1.807, 2.05) is 29.2 Å². The molecule has 4 heteroatoms. The second-order valence-electron chi connectivity index (χ2n) is 5.82. The van der Waals surface area contributed by atoms with Crippen LogP contribution >= 0.6 is 11.6 Å². The lowest BCUT2D eigenvalue weighted by molar-refractivity contribution is -0.132. The lowest BCUT2D eigenvalue weighted by Crippen LogP contribution is -2.36. The zero-order valence-corrected chi connectivity index (χ0v) is 13.7. The van der Waals surface area contributed by atoms with Crippen LogP contribution in [0.2, 0.25) is 0 Å². The van der Waals surface area contributed by atoms with E-state index in [9.17, 15) is 4.79 Å². The van der Waals surface area contributed by atoms with Gasteiger partial charge in [0.15, 0.2) is 0 Å². The van der Waals surface area contributed by atoms with Crippen molar-refractivity contribution in [1.29, 1.82) is 0 Å². The molecular weight excluding hydrogens is 308 g/mol. The van der Waals surface area contributed by atoms with Crippen LogP contribution in [0.4, 0.5) is 0 Å². The van der Waals surface area contributed by atoms with E-state index in [2.05, 4.69) is 23.7 Å². The molecule has 0 saturated heterocycles. The van der Waals surface area contributed by atoms with Gasteiger partial charge in [0.1, 0.15) is 0 Å². The summed E-state index contributed by atoms with van der Waals surface area (Å²) in [7, 11) is 0. The summed E-state index contributed by atoms with van der Waals surface area (Å²) in [4.78, 5) is 18.7. The average Bonchev–Trinajstić information content (AvgIpc) is 2.97. The predicted molar refractivity (Wildman–Crippen MR) is 92.2 cm³/mol. The summed E-state index contributed by atoms with van der Waals surface area (Å²) in [5.74, 6) is 0.0692. The van der Waals surface area contributed by atoms with E-state index in [1.165, 1.54) is 11.1 Å². The molecule has 1 amide bonds. The van der Waals surface area contributed by atoms with Crippen LogP contribution in [0.3, 0.4) is 0 Å². The molecular formula is C19H19ClN2O. The molecule has 1 aromatic carbocycles. The van der Waals surface area contributed by atoms with Crippen molar-refractivity contribution < 1.29 is 4.79 Å². The van der Waals surface area contributed by atoms with E-state index in [-0.39, 0.29) is 11.9 Å². The number of aryl methyl sites for hydroxylation is 1. The van der Waals surface area contributed by atoms with Gasteiger partial charge in [-0.05, 0) is 41.7 Å². The topological polar surface area (TPSA) is 33.2 Å². The van der Waals surface area contributed by atoms with Gasteiger partial charge >= 0.3 is 0 Å². The monoisotopic (exact) mass is 326 g/mol. The van der Waals surface area contributed by atoms with E-state index >= 15 is 0 Å². The normalized spacial score (nSPS) is 16.0.